The molecule has 0 saturated heterocycles. The minimum Gasteiger partial charge on any atom is -0.396 e. The summed E-state index contributed by atoms with van der Waals surface area (Å²) in [7, 11) is 0. The maximum atomic E-state index is 11.0. The fraction of sp³-hybridized carbons (Fsp3) is 0.900. The molecule has 4 N–H and O–H groups in total. The van der Waals surface area contributed by atoms with E-state index >= 15 is 0 Å². The summed E-state index contributed by atoms with van der Waals surface area (Å²) in [4.78, 5) is 11.0. The Morgan fingerprint density at radius 1 is 1.64 bits per heavy atom. The lowest BCUT2D eigenvalue weighted by Crippen LogP contribution is -2.47. The van der Waals surface area contributed by atoms with Crippen molar-refractivity contribution in [2.75, 3.05) is 6.61 Å². The molecule has 3 unspecified atom stereocenters. The standard InChI is InChI=1S/C10H20N2O2/c1-2-8(10(11)14)12-9-5-3-4-7(9)6-13/h7-9,12-13H,2-6H2,1H3,(H2,11,14). The van der Waals surface area contributed by atoms with Crippen LogP contribution in [0.2, 0.25) is 0 Å². The number of carbonyl (C=O) groups is 1. The number of amides is 1. The SMILES string of the molecule is CCC(NC1CCCC1CO)C(N)=O. The predicted octanol–water partition coefficient (Wildman–Crippen LogP) is 0.000900. The van der Waals surface area contributed by atoms with E-state index in [9.17, 15) is 4.79 Å². The lowest BCUT2D eigenvalue weighted by molar-refractivity contribution is -0.120. The van der Waals surface area contributed by atoms with E-state index < -0.39 is 0 Å². The van der Waals surface area contributed by atoms with Gasteiger partial charge < -0.3 is 16.2 Å². The van der Waals surface area contributed by atoms with Gasteiger partial charge in [-0.1, -0.05) is 13.3 Å². The van der Waals surface area contributed by atoms with Crippen LogP contribution < -0.4 is 11.1 Å². The number of rotatable bonds is 5. The molecule has 0 aliphatic heterocycles. The fourth-order valence-corrected chi connectivity index (χ4v) is 2.13. The van der Waals surface area contributed by atoms with Gasteiger partial charge in [0, 0.05) is 12.6 Å². The van der Waals surface area contributed by atoms with Crippen LogP contribution in [0.5, 0.6) is 0 Å². The number of hydrogen-bond donors (Lipinski definition) is 3. The van der Waals surface area contributed by atoms with Crippen molar-refractivity contribution >= 4 is 5.91 Å². The monoisotopic (exact) mass is 200 g/mol. The number of carbonyl (C=O) groups excluding carboxylic acids is 1. The first kappa shape index (κ1) is 11.5. The Morgan fingerprint density at radius 3 is 2.86 bits per heavy atom. The zero-order valence-electron chi connectivity index (χ0n) is 8.70. The Hall–Kier alpha value is -0.610. The minimum absolute atomic E-state index is 0.201. The van der Waals surface area contributed by atoms with E-state index in [-0.39, 0.29) is 24.6 Å². The van der Waals surface area contributed by atoms with E-state index in [2.05, 4.69) is 5.32 Å². The molecule has 4 nitrogen and oxygen atoms in total. The number of hydrogen-bond acceptors (Lipinski definition) is 3. The largest absolute Gasteiger partial charge is 0.396 e. The molecule has 0 aromatic heterocycles. The van der Waals surface area contributed by atoms with Crippen molar-refractivity contribution in [2.45, 2.75) is 44.7 Å². The number of primary amides is 1. The molecule has 0 heterocycles. The van der Waals surface area contributed by atoms with Gasteiger partial charge in [0.1, 0.15) is 0 Å². The topological polar surface area (TPSA) is 75.3 Å². The van der Waals surface area contributed by atoms with Crippen LogP contribution >= 0.6 is 0 Å². The summed E-state index contributed by atoms with van der Waals surface area (Å²) >= 11 is 0. The second kappa shape index (κ2) is 5.32. The lowest BCUT2D eigenvalue weighted by Gasteiger charge is -2.23. The molecule has 1 amide bonds. The maximum Gasteiger partial charge on any atom is 0.234 e. The van der Waals surface area contributed by atoms with Crippen molar-refractivity contribution in [3.8, 4) is 0 Å². The molecule has 0 spiro atoms. The maximum absolute atomic E-state index is 11.0. The molecule has 0 aromatic carbocycles. The first-order valence-electron chi connectivity index (χ1n) is 5.35. The number of aliphatic hydroxyl groups excluding tert-OH is 1. The first-order valence-corrected chi connectivity index (χ1v) is 5.35. The lowest BCUT2D eigenvalue weighted by atomic mass is 10.0. The number of nitrogens with one attached hydrogen (secondary N) is 1. The van der Waals surface area contributed by atoms with Crippen LogP contribution in [0.3, 0.4) is 0 Å². The quantitative estimate of drug-likeness (QED) is 0.585. The van der Waals surface area contributed by atoms with Crippen molar-refractivity contribution in [2.24, 2.45) is 11.7 Å². The van der Waals surface area contributed by atoms with Crippen molar-refractivity contribution in [3.63, 3.8) is 0 Å². The molecule has 0 radical (unpaired) electrons. The van der Waals surface area contributed by atoms with E-state index in [1.807, 2.05) is 6.92 Å². The molecule has 14 heavy (non-hydrogen) atoms. The Labute approximate surface area is 84.9 Å². The second-order valence-electron chi connectivity index (χ2n) is 4.01. The highest BCUT2D eigenvalue weighted by Gasteiger charge is 2.29. The summed E-state index contributed by atoms with van der Waals surface area (Å²) in [6, 6.07) is 0.0181. The minimum atomic E-state index is -0.295. The zero-order chi connectivity index (χ0) is 10.6. The molecule has 1 fully saturated rings. The summed E-state index contributed by atoms with van der Waals surface area (Å²) in [5.74, 6) is -0.000472. The predicted molar refractivity (Wildman–Crippen MR) is 54.6 cm³/mol. The Bertz CT molecular complexity index is 197. The van der Waals surface area contributed by atoms with E-state index in [0.29, 0.717) is 12.3 Å². The highest BCUT2D eigenvalue weighted by molar-refractivity contribution is 5.79. The van der Waals surface area contributed by atoms with Gasteiger partial charge in [-0.3, -0.25) is 4.79 Å². The average molecular weight is 200 g/mol. The van der Waals surface area contributed by atoms with Crippen LogP contribution in [0.25, 0.3) is 0 Å². The van der Waals surface area contributed by atoms with Gasteiger partial charge in [0.25, 0.3) is 0 Å². The molecule has 0 bridgehead atoms. The van der Waals surface area contributed by atoms with Crippen LogP contribution in [-0.2, 0) is 4.79 Å². The molecule has 1 aliphatic rings. The van der Waals surface area contributed by atoms with Crippen molar-refractivity contribution in [3.05, 3.63) is 0 Å². The summed E-state index contributed by atoms with van der Waals surface area (Å²) in [6.07, 6.45) is 3.92. The van der Waals surface area contributed by atoms with Gasteiger partial charge in [0.05, 0.1) is 6.04 Å². The zero-order valence-corrected chi connectivity index (χ0v) is 8.70. The van der Waals surface area contributed by atoms with E-state index in [4.69, 9.17) is 10.8 Å². The van der Waals surface area contributed by atoms with Gasteiger partial charge in [0.15, 0.2) is 0 Å². The summed E-state index contributed by atoms with van der Waals surface area (Å²) in [5, 5.41) is 12.3. The summed E-state index contributed by atoms with van der Waals surface area (Å²) in [6.45, 7) is 2.14. The third-order valence-electron chi connectivity index (χ3n) is 3.06. The molecule has 3 atom stereocenters. The Morgan fingerprint density at radius 2 is 2.36 bits per heavy atom. The van der Waals surface area contributed by atoms with Crippen molar-refractivity contribution in [1.82, 2.24) is 5.32 Å². The Balaban J connectivity index is 2.45. The van der Waals surface area contributed by atoms with Crippen LogP contribution in [0.1, 0.15) is 32.6 Å². The van der Waals surface area contributed by atoms with E-state index in [1.165, 1.54) is 0 Å². The third kappa shape index (κ3) is 2.69. The smallest absolute Gasteiger partial charge is 0.234 e. The van der Waals surface area contributed by atoms with Crippen LogP contribution in [0, 0.1) is 5.92 Å². The molecule has 4 heteroatoms. The average Bonchev–Trinajstić information content (AvgIpc) is 2.60. The van der Waals surface area contributed by atoms with Gasteiger partial charge >= 0.3 is 0 Å². The normalized spacial score (nSPS) is 29.0. The number of nitrogens with two attached hydrogens (primary N) is 1. The first-order chi connectivity index (χ1) is 6.69. The second-order valence-corrected chi connectivity index (χ2v) is 4.01. The van der Waals surface area contributed by atoms with Crippen LogP contribution in [0.15, 0.2) is 0 Å². The molecule has 1 saturated carbocycles. The van der Waals surface area contributed by atoms with Crippen molar-refractivity contribution in [1.29, 1.82) is 0 Å². The molecule has 1 rings (SSSR count). The van der Waals surface area contributed by atoms with Crippen LogP contribution in [-0.4, -0.2) is 29.7 Å². The molecular weight excluding hydrogens is 180 g/mol. The van der Waals surface area contributed by atoms with E-state index in [0.717, 1.165) is 19.3 Å². The van der Waals surface area contributed by atoms with Crippen molar-refractivity contribution < 1.29 is 9.90 Å². The van der Waals surface area contributed by atoms with Gasteiger partial charge in [-0.05, 0) is 25.2 Å². The highest BCUT2D eigenvalue weighted by Crippen LogP contribution is 2.25. The summed E-state index contributed by atoms with van der Waals surface area (Å²) < 4.78 is 0. The third-order valence-corrected chi connectivity index (χ3v) is 3.06. The van der Waals surface area contributed by atoms with Gasteiger partial charge in [-0.25, -0.2) is 0 Å². The molecular formula is C10H20N2O2. The molecule has 1 aliphatic carbocycles. The van der Waals surface area contributed by atoms with Gasteiger partial charge in [-0.15, -0.1) is 0 Å². The highest BCUT2D eigenvalue weighted by atomic mass is 16.3. The summed E-state index contributed by atoms with van der Waals surface area (Å²) in [5.41, 5.74) is 5.25. The molecule has 0 aromatic rings. The Kier molecular flexibility index (Phi) is 4.35. The molecule has 82 valence electrons. The van der Waals surface area contributed by atoms with Gasteiger partial charge in [0.2, 0.25) is 5.91 Å². The fourth-order valence-electron chi connectivity index (χ4n) is 2.13. The van der Waals surface area contributed by atoms with Crippen LogP contribution in [0.4, 0.5) is 0 Å². The van der Waals surface area contributed by atoms with Gasteiger partial charge in [-0.2, -0.15) is 0 Å². The van der Waals surface area contributed by atoms with E-state index in [1.54, 1.807) is 0 Å². The number of aliphatic hydroxyl groups is 1.